The van der Waals surface area contributed by atoms with E-state index in [0.29, 0.717) is 33.6 Å². The Morgan fingerprint density at radius 2 is 1.79 bits per heavy atom. The molecule has 0 aliphatic carbocycles. The molecular formula is C24H23FN6O2. The van der Waals surface area contributed by atoms with E-state index in [-0.39, 0.29) is 17.5 Å². The van der Waals surface area contributed by atoms with Crippen LogP contribution in [0.1, 0.15) is 46.9 Å². The third-order valence-corrected chi connectivity index (χ3v) is 5.26. The zero-order chi connectivity index (χ0) is 23.7. The van der Waals surface area contributed by atoms with Gasteiger partial charge in [-0.2, -0.15) is 5.10 Å². The molecule has 0 aliphatic rings. The number of urea groups is 1. The molecule has 8 nitrogen and oxygen atoms in total. The third-order valence-electron chi connectivity index (χ3n) is 5.26. The molecule has 2 heterocycles. The van der Waals surface area contributed by atoms with Crippen LogP contribution >= 0.6 is 0 Å². The number of nitrogen functional groups attached to an aromatic ring is 1. The first kappa shape index (κ1) is 21.9. The molecule has 0 saturated carbocycles. The van der Waals surface area contributed by atoms with Gasteiger partial charge in [-0.05, 0) is 48.7 Å². The van der Waals surface area contributed by atoms with E-state index >= 15 is 0 Å². The van der Waals surface area contributed by atoms with E-state index in [1.807, 2.05) is 13.8 Å². The number of nitrogens with zero attached hydrogens (tertiary/aromatic N) is 3. The number of hydrogen-bond donors (Lipinski definition) is 3. The van der Waals surface area contributed by atoms with E-state index in [0.717, 1.165) is 5.69 Å². The molecule has 2 aromatic carbocycles. The first-order valence-electron chi connectivity index (χ1n) is 10.4. The van der Waals surface area contributed by atoms with E-state index in [4.69, 9.17) is 5.73 Å². The molecule has 0 spiro atoms. The number of anilines is 3. The van der Waals surface area contributed by atoms with Crippen LogP contribution in [0, 0.1) is 12.7 Å². The average molecular weight is 446 g/mol. The molecule has 4 rings (SSSR count). The summed E-state index contributed by atoms with van der Waals surface area (Å²) in [5, 5.41) is 9.49. The molecular weight excluding hydrogens is 423 g/mol. The molecule has 9 heteroatoms. The first-order chi connectivity index (χ1) is 15.7. The second-order valence-corrected chi connectivity index (χ2v) is 8.00. The average Bonchev–Trinajstić information content (AvgIpc) is 3.17. The van der Waals surface area contributed by atoms with Crippen LogP contribution in [0.15, 0.2) is 54.9 Å². The van der Waals surface area contributed by atoms with Gasteiger partial charge in [-0.15, -0.1) is 0 Å². The summed E-state index contributed by atoms with van der Waals surface area (Å²) in [6, 6.07) is 12.2. The highest BCUT2D eigenvalue weighted by molar-refractivity contribution is 6.15. The van der Waals surface area contributed by atoms with Gasteiger partial charge in [-0.1, -0.05) is 32.0 Å². The topological polar surface area (TPSA) is 114 Å². The molecule has 0 saturated heterocycles. The second kappa shape index (κ2) is 8.70. The first-order valence-corrected chi connectivity index (χ1v) is 10.4. The lowest BCUT2D eigenvalue weighted by Gasteiger charge is -2.09. The highest BCUT2D eigenvalue weighted by Crippen LogP contribution is 2.27. The smallest absolute Gasteiger partial charge is 0.323 e. The van der Waals surface area contributed by atoms with Gasteiger partial charge in [0.2, 0.25) is 0 Å². The van der Waals surface area contributed by atoms with Gasteiger partial charge in [-0.3, -0.25) is 4.79 Å². The Morgan fingerprint density at radius 3 is 2.48 bits per heavy atom. The molecule has 0 bridgehead atoms. The Morgan fingerprint density at radius 1 is 1.06 bits per heavy atom. The fourth-order valence-electron chi connectivity index (χ4n) is 3.53. The quantitative estimate of drug-likeness (QED) is 0.383. The zero-order valence-corrected chi connectivity index (χ0v) is 18.4. The highest BCUT2D eigenvalue weighted by Gasteiger charge is 2.22. The predicted molar refractivity (Wildman–Crippen MR) is 125 cm³/mol. The number of aryl methyl sites for hydroxylation is 1. The van der Waals surface area contributed by atoms with Gasteiger partial charge in [0.25, 0.3) is 0 Å². The number of halogens is 1. The second-order valence-electron chi connectivity index (χ2n) is 8.00. The van der Waals surface area contributed by atoms with Crippen molar-refractivity contribution in [1.29, 1.82) is 0 Å². The van der Waals surface area contributed by atoms with Crippen molar-refractivity contribution in [2.24, 2.45) is 0 Å². The maximum absolute atomic E-state index is 13.7. The van der Waals surface area contributed by atoms with Crippen molar-refractivity contribution >= 4 is 34.5 Å². The van der Waals surface area contributed by atoms with Crippen LogP contribution in [0.25, 0.3) is 5.52 Å². The van der Waals surface area contributed by atoms with Gasteiger partial charge >= 0.3 is 6.03 Å². The fourth-order valence-corrected chi connectivity index (χ4v) is 3.53. The zero-order valence-electron chi connectivity index (χ0n) is 18.4. The van der Waals surface area contributed by atoms with E-state index in [1.165, 1.54) is 12.4 Å². The number of amides is 2. The summed E-state index contributed by atoms with van der Waals surface area (Å²) in [6.45, 7) is 5.63. The molecule has 0 aliphatic heterocycles. The van der Waals surface area contributed by atoms with Crippen LogP contribution in [-0.4, -0.2) is 26.4 Å². The Bertz CT molecular complexity index is 1380. The molecule has 2 aromatic heterocycles. The minimum absolute atomic E-state index is 0.108. The summed E-state index contributed by atoms with van der Waals surface area (Å²) in [6.07, 6.45) is 1.35. The lowest BCUT2D eigenvalue weighted by molar-refractivity contribution is 0.104. The van der Waals surface area contributed by atoms with Crippen molar-refractivity contribution in [2.75, 3.05) is 16.4 Å². The van der Waals surface area contributed by atoms with Gasteiger partial charge in [0.1, 0.15) is 17.7 Å². The number of nitrogens with two attached hydrogens (primary N) is 1. The number of carbonyl (C=O) groups excluding carboxylic acids is 2. The summed E-state index contributed by atoms with van der Waals surface area (Å²) >= 11 is 0. The van der Waals surface area contributed by atoms with Crippen LogP contribution in [0.5, 0.6) is 0 Å². The van der Waals surface area contributed by atoms with Gasteiger partial charge in [-0.25, -0.2) is 18.7 Å². The molecule has 168 valence electrons. The maximum Gasteiger partial charge on any atom is 0.323 e. The standard InChI is InChI=1S/C24H23FN6O2/c1-13(2)20-11-18(21-23(26)27-12-28-31(20)21)22(32)15-5-4-6-16(9-15)29-24(33)30-17-8-7-14(3)19(25)10-17/h4-13H,1-3H3,(H2,26,27,28)(H2,29,30,33). The molecule has 4 aromatic rings. The number of ketones is 1. The lowest BCUT2D eigenvalue weighted by atomic mass is 10.0. The SMILES string of the molecule is Cc1ccc(NC(=O)Nc2cccc(C(=O)c3cc(C(C)C)n4ncnc(N)c34)c2)cc1F. The summed E-state index contributed by atoms with van der Waals surface area (Å²) in [7, 11) is 0. The molecule has 33 heavy (non-hydrogen) atoms. The Labute approximate surface area is 189 Å². The van der Waals surface area contributed by atoms with Crippen molar-refractivity contribution in [2.45, 2.75) is 26.7 Å². The summed E-state index contributed by atoms with van der Waals surface area (Å²) in [4.78, 5) is 29.7. The van der Waals surface area contributed by atoms with Crippen molar-refractivity contribution in [1.82, 2.24) is 14.6 Å². The largest absolute Gasteiger partial charge is 0.382 e. The third kappa shape index (κ3) is 4.38. The van der Waals surface area contributed by atoms with Crippen molar-refractivity contribution in [3.63, 3.8) is 0 Å². The summed E-state index contributed by atoms with van der Waals surface area (Å²) < 4.78 is 15.4. The van der Waals surface area contributed by atoms with E-state index in [2.05, 4.69) is 20.7 Å². The minimum Gasteiger partial charge on any atom is -0.382 e. The predicted octanol–water partition coefficient (Wildman–Crippen LogP) is 4.76. The Hall–Kier alpha value is -4.27. The highest BCUT2D eigenvalue weighted by atomic mass is 19.1. The van der Waals surface area contributed by atoms with Crippen LogP contribution in [0.3, 0.4) is 0 Å². The van der Waals surface area contributed by atoms with Crippen LogP contribution in [-0.2, 0) is 0 Å². The number of carbonyl (C=O) groups is 2. The van der Waals surface area contributed by atoms with Crippen molar-refractivity contribution in [3.8, 4) is 0 Å². The van der Waals surface area contributed by atoms with Crippen molar-refractivity contribution in [3.05, 3.63) is 83.1 Å². The van der Waals surface area contributed by atoms with E-state index in [9.17, 15) is 14.0 Å². The number of aromatic nitrogens is 3. The normalized spacial score (nSPS) is 11.1. The lowest BCUT2D eigenvalue weighted by Crippen LogP contribution is -2.19. The fraction of sp³-hybridized carbons (Fsp3) is 0.167. The van der Waals surface area contributed by atoms with Gasteiger partial charge in [0.15, 0.2) is 11.6 Å². The summed E-state index contributed by atoms with van der Waals surface area (Å²) in [5.74, 6) is -0.370. The number of hydrogen-bond acceptors (Lipinski definition) is 5. The Kier molecular flexibility index (Phi) is 5.78. The van der Waals surface area contributed by atoms with Gasteiger partial charge in [0, 0.05) is 22.6 Å². The number of rotatable bonds is 5. The summed E-state index contributed by atoms with van der Waals surface area (Å²) in [5.41, 5.74) is 9.29. The molecule has 4 N–H and O–H groups in total. The van der Waals surface area contributed by atoms with Crippen LogP contribution in [0.4, 0.5) is 26.4 Å². The van der Waals surface area contributed by atoms with Crippen LogP contribution < -0.4 is 16.4 Å². The Balaban J connectivity index is 1.60. The van der Waals surface area contributed by atoms with E-state index < -0.39 is 11.8 Å². The molecule has 0 unspecified atom stereocenters. The molecule has 2 amide bonds. The van der Waals surface area contributed by atoms with Gasteiger partial charge < -0.3 is 16.4 Å². The van der Waals surface area contributed by atoms with Crippen molar-refractivity contribution < 1.29 is 14.0 Å². The number of nitrogens with one attached hydrogen (secondary N) is 2. The molecule has 0 atom stereocenters. The monoisotopic (exact) mass is 446 g/mol. The van der Waals surface area contributed by atoms with E-state index in [1.54, 1.807) is 53.9 Å². The van der Waals surface area contributed by atoms with Gasteiger partial charge in [0.05, 0.1) is 5.56 Å². The van der Waals surface area contributed by atoms with Crippen LogP contribution in [0.2, 0.25) is 0 Å². The maximum atomic E-state index is 13.7. The molecule has 0 fully saturated rings. The minimum atomic E-state index is -0.558. The number of fused-ring (bicyclic) bond motifs is 1. The molecule has 0 radical (unpaired) electrons. The number of benzene rings is 2.